The zero-order valence-electron chi connectivity index (χ0n) is 12.8. The van der Waals surface area contributed by atoms with Gasteiger partial charge in [-0.3, -0.25) is 0 Å². The van der Waals surface area contributed by atoms with E-state index in [1.54, 1.807) is 0 Å². The van der Waals surface area contributed by atoms with Crippen molar-refractivity contribution in [2.75, 3.05) is 0 Å². The summed E-state index contributed by atoms with van der Waals surface area (Å²) in [5.41, 5.74) is 0. The predicted octanol–water partition coefficient (Wildman–Crippen LogP) is 5.33. The topological polar surface area (TPSA) is 9.23 Å². The molecule has 0 atom stereocenters. The molecule has 0 saturated heterocycles. The minimum Gasteiger partial charge on any atom is -0.458 e. The number of hydrogen-bond acceptors (Lipinski definition) is 1. The Bertz CT molecular complexity index is 170. The van der Waals surface area contributed by atoms with Crippen molar-refractivity contribution in [2.45, 2.75) is 90.5 Å². The second kappa shape index (κ2) is 10.3. The van der Waals surface area contributed by atoms with Crippen LogP contribution in [-0.4, -0.2) is 17.4 Å². The predicted molar refractivity (Wildman–Crippen MR) is 84.9 cm³/mol. The summed E-state index contributed by atoms with van der Waals surface area (Å²) in [5.74, 6) is 0. The smallest absolute Gasteiger partial charge is 0.173 e. The molecule has 0 fully saturated rings. The molecule has 104 valence electrons. The van der Waals surface area contributed by atoms with Gasteiger partial charge in [-0.15, -0.1) is 0 Å². The Morgan fingerprint density at radius 2 is 1.29 bits per heavy atom. The molecule has 0 amide bonds. The first kappa shape index (κ1) is 17.4. The zero-order valence-corrected chi connectivity index (χ0v) is 15.0. The molecule has 0 bridgehead atoms. The molecule has 0 aliphatic carbocycles. The van der Waals surface area contributed by atoms with Crippen molar-refractivity contribution >= 4 is 17.4 Å². The maximum Gasteiger partial charge on any atom is 0.173 e. The summed E-state index contributed by atoms with van der Waals surface area (Å²) in [4.78, 5) is 0. The van der Waals surface area contributed by atoms with Gasteiger partial charge in [0, 0.05) is 0 Å². The molecule has 3 heteroatoms. The molecule has 0 unspecified atom stereocenters. The highest BCUT2D eigenvalue weighted by atomic mass is 28.4. The normalized spacial score (nSPS) is 12.4. The Morgan fingerprint density at radius 1 is 0.824 bits per heavy atom. The van der Waals surface area contributed by atoms with Gasteiger partial charge < -0.3 is 4.12 Å². The summed E-state index contributed by atoms with van der Waals surface area (Å²) in [7, 11) is -2.10. The summed E-state index contributed by atoms with van der Waals surface area (Å²) in [5, 5.41) is 0. The SMILES string of the molecule is CCCCCCCCCC[Si](C)(C)O[SiH](C)C. The van der Waals surface area contributed by atoms with Crippen LogP contribution in [0.15, 0.2) is 0 Å². The van der Waals surface area contributed by atoms with E-state index in [1.165, 1.54) is 57.4 Å². The van der Waals surface area contributed by atoms with E-state index in [-0.39, 0.29) is 0 Å². The summed E-state index contributed by atoms with van der Waals surface area (Å²) in [6.07, 6.45) is 11.4. The molecule has 0 aromatic heterocycles. The molecule has 0 N–H and O–H groups in total. The molecule has 0 radical (unpaired) electrons. The lowest BCUT2D eigenvalue weighted by molar-refractivity contribution is 0.549. The Kier molecular flexibility index (Phi) is 10.6. The molecule has 17 heavy (non-hydrogen) atoms. The van der Waals surface area contributed by atoms with Crippen LogP contribution in [0.3, 0.4) is 0 Å². The van der Waals surface area contributed by atoms with Crippen LogP contribution in [0.1, 0.15) is 58.3 Å². The van der Waals surface area contributed by atoms with Gasteiger partial charge in [-0.05, 0) is 32.2 Å². The molecular weight excluding hydrogens is 240 g/mol. The van der Waals surface area contributed by atoms with Crippen LogP contribution < -0.4 is 0 Å². The lowest BCUT2D eigenvalue weighted by atomic mass is 10.1. The first-order valence-corrected chi connectivity index (χ1v) is 13.6. The Morgan fingerprint density at radius 3 is 1.76 bits per heavy atom. The molecule has 1 nitrogen and oxygen atoms in total. The highest BCUT2D eigenvalue weighted by Crippen LogP contribution is 2.18. The first-order chi connectivity index (χ1) is 7.98. The lowest BCUT2D eigenvalue weighted by Crippen LogP contribution is -2.34. The Balaban J connectivity index is 3.32. The third-order valence-corrected chi connectivity index (χ3v) is 9.18. The summed E-state index contributed by atoms with van der Waals surface area (Å²) < 4.78 is 6.18. The van der Waals surface area contributed by atoms with Crippen LogP contribution in [0, 0.1) is 0 Å². The average molecular weight is 275 g/mol. The largest absolute Gasteiger partial charge is 0.458 e. The van der Waals surface area contributed by atoms with Crippen molar-refractivity contribution < 1.29 is 4.12 Å². The van der Waals surface area contributed by atoms with Crippen molar-refractivity contribution in [3.05, 3.63) is 0 Å². The van der Waals surface area contributed by atoms with Gasteiger partial charge in [0.05, 0.1) is 0 Å². The van der Waals surface area contributed by atoms with Gasteiger partial charge in [-0.2, -0.15) is 0 Å². The number of hydrogen-bond donors (Lipinski definition) is 0. The molecule has 0 aliphatic rings. The fraction of sp³-hybridized carbons (Fsp3) is 1.00. The van der Waals surface area contributed by atoms with Crippen molar-refractivity contribution in [1.29, 1.82) is 0 Å². The fourth-order valence-electron chi connectivity index (χ4n) is 2.38. The fourth-order valence-corrected chi connectivity index (χ4v) is 9.06. The molecule has 0 spiro atoms. The van der Waals surface area contributed by atoms with E-state index in [4.69, 9.17) is 4.12 Å². The van der Waals surface area contributed by atoms with Crippen molar-refractivity contribution in [1.82, 2.24) is 0 Å². The van der Waals surface area contributed by atoms with Crippen LogP contribution in [0.4, 0.5) is 0 Å². The third-order valence-electron chi connectivity index (χ3n) is 3.19. The van der Waals surface area contributed by atoms with E-state index in [0.29, 0.717) is 0 Å². The van der Waals surface area contributed by atoms with Gasteiger partial charge in [0.25, 0.3) is 0 Å². The van der Waals surface area contributed by atoms with Gasteiger partial charge in [-0.1, -0.05) is 58.3 Å². The quantitative estimate of drug-likeness (QED) is 0.365. The van der Waals surface area contributed by atoms with Crippen molar-refractivity contribution in [3.63, 3.8) is 0 Å². The lowest BCUT2D eigenvalue weighted by Gasteiger charge is -2.25. The van der Waals surface area contributed by atoms with Crippen LogP contribution in [-0.2, 0) is 4.12 Å². The number of unbranched alkanes of at least 4 members (excludes halogenated alkanes) is 7. The van der Waals surface area contributed by atoms with Gasteiger partial charge in [0.1, 0.15) is 0 Å². The third kappa shape index (κ3) is 12.6. The zero-order chi connectivity index (χ0) is 13.1. The average Bonchev–Trinajstić information content (AvgIpc) is 2.20. The molecule has 0 heterocycles. The van der Waals surface area contributed by atoms with Gasteiger partial charge in [0.2, 0.25) is 0 Å². The van der Waals surface area contributed by atoms with Crippen LogP contribution >= 0.6 is 0 Å². The highest BCUT2D eigenvalue weighted by molar-refractivity contribution is 6.77. The molecule has 0 rings (SSSR count). The van der Waals surface area contributed by atoms with Crippen LogP contribution in [0.25, 0.3) is 0 Å². The van der Waals surface area contributed by atoms with Crippen molar-refractivity contribution in [2.24, 2.45) is 0 Å². The Labute approximate surface area is 112 Å². The van der Waals surface area contributed by atoms with Crippen LogP contribution in [0.5, 0.6) is 0 Å². The van der Waals surface area contributed by atoms with Crippen LogP contribution in [0.2, 0.25) is 32.2 Å². The molecular formula is C14H34OSi2. The standard InChI is InChI=1S/C14H34OSi2/c1-6-7-8-9-10-11-12-13-14-17(4,5)15-16(2)3/h16H,6-14H2,1-5H3. The van der Waals surface area contributed by atoms with E-state index in [2.05, 4.69) is 33.1 Å². The van der Waals surface area contributed by atoms with E-state index >= 15 is 0 Å². The van der Waals surface area contributed by atoms with Gasteiger partial charge in [0.15, 0.2) is 17.4 Å². The molecule has 0 aromatic rings. The molecule has 0 saturated carbocycles. The first-order valence-electron chi connectivity index (χ1n) is 7.66. The second-order valence-corrected chi connectivity index (χ2v) is 13.2. The second-order valence-electron chi connectivity index (χ2n) is 6.15. The summed E-state index contributed by atoms with van der Waals surface area (Å²) >= 11 is 0. The summed E-state index contributed by atoms with van der Waals surface area (Å²) in [6, 6.07) is 1.37. The maximum atomic E-state index is 6.18. The number of rotatable bonds is 11. The van der Waals surface area contributed by atoms with E-state index in [9.17, 15) is 0 Å². The summed E-state index contributed by atoms with van der Waals surface area (Å²) in [6.45, 7) is 11.7. The monoisotopic (exact) mass is 274 g/mol. The minimum atomic E-state index is -1.29. The van der Waals surface area contributed by atoms with Gasteiger partial charge >= 0.3 is 0 Å². The van der Waals surface area contributed by atoms with Crippen molar-refractivity contribution in [3.8, 4) is 0 Å². The molecule has 0 aromatic carbocycles. The Hall–Kier alpha value is 0.394. The van der Waals surface area contributed by atoms with Gasteiger partial charge in [-0.25, -0.2) is 0 Å². The minimum absolute atomic E-state index is 0.812. The van der Waals surface area contributed by atoms with E-state index in [1.807, 2.05) is 0 Å². The van der Waals surface area contributed by atoms with E-state index < -0.39 is 17.4 Å². The maximum absolute atomic E-state index is 6.18. The molecule has 0 aliphatic heterocycles. The highest BCUT2D eigenvalue weighted by Gasteiger charge is 2.22. The van der Waals surface area contributed by atoms with E-state index in [0.717, 1.165) is 0 Å².